The van der Waals surface area contributed by atoms with E-state index in [-0.39, 0.29) is 18.3 Å². The van der Waals surface area contributed by atoms with Gasteiger partial charge in [-0.05, 0) is 19.1 Å². The molecule has 0 atom stereocenters. The monoisotopic (exact) mass is 399 g/mol. The molecule has 0 spiro atoms. The molecule has 0 aliphatic carbocycles. The maximum atomic E-state index is 12.2. The second-order valence-corrected chi connectivity index (χ2v) is 7.49. The number of pyridine rings is 1. The zero-order valence-corrected chi connectivity index (χ0v) is 16.2. The number of aryl methyl sites for hydroxylation is 1. The summed E-state index contributed by atoms with van der Waals surface area (Å²) in [5.41, 5.74) is 1.41. The van der Waals surface area contributed by atoms with Crippen molar-refractivity contribution in [1.29, 1.82) is 0 Å². The van der Waals surface area contributed by atoms with E-state index in [2.05, 4.69) is 21.9 Å². The molecule has 0 fully saturated rings. The van der Waals surface area contributed by atoms with Crippen LogP contribution in [0.25, 0.3) is 10.9 Å². The zero-order valence-electron chi connectivity index (χ0n) is 14.6. The third kappa shape index (κ3) is 4.93. The van der Waals surface area contributed by atoms with Crippen LogP contribution in [0.5, 0.6) is 0 Å². The Morgan fingerprint density at radius 3 is 2.89 bits per heavy atom. The normalized spacial score (nSPS) is 10.6. The number of hydrogen-bond donors (Lipinski definition) is 1. The van der Waals surface area contributed by atoms with Crippen molar-refractivity contribution >= 4 is 51.0 Å². The van der Waals surface area contributed by atoms with E-state index < -0.39 is 5.97 Å². The average Bonchev–Trinajstić information content (AvgIpc) is 3.04. The van der Waals surface area contributed by atoms with Gasteiger partial charge in [-0.3, -0.25) is 4.79 Å². The molecule has 3 rings (SSSR count). The molecule has 0 unspecified atom stereocenters. The van der Waals surface area contributed by atoms with Gasteiger partial charge in [0.1, 0.15) is 11.5 Å². The van der Waals surface area contributed by atoms with Crippen LogP contribution < -0.4 is 5.32 Å². The van der Waals surface area contributed by atoms with Crippen LogP contribution in [0.2, 0.25) is 0 Å². The van der Waals surface area contributed by atoms with Gasteiger partial charge in [-0.25, -0.2) is 14.8 Å². The topological polar surface area (TPSA) is 81.2 Å². The number of benzene rings is 1. The fourth-order valence-electron chi connectivity index (χ4n) is 2.26. The van der Waals surface area contributed by atoms with Crippen molar-refractivity contribution in [3.05, 3.63) is 59.6 Å². The maximum absolute atomic E-state index is 12.2. The van der Waals surface area contributed by atoms with Gasteiger partial charge in [0, 0.05) is 5.39 Å². The number of nitrogens with zero attached hydrogens (tertiary/aromatic N) is 2. The maximum Gasteiger partial charge on any atom is 0.350 e. The molecule has 0 bridgehead atoms. The van der Waals surface area contributed by atoms with E-state index in [1.807, 2.05) is 36.4 Å². The molecule has 3 aromatic rings. The largest absolute Gasteiger partial charge is 0.457 e. The van der Waals surface area contributed by atoms with E-state index in [9.17, 15) is 9.59 Å². The van der Waals surface area contributed by atoms with E-state index in [1.165, 1.54) is 17.8 Å². The standard InChI is InChI=1S/C19H17N3O3S2/c1-3-10-25-18(24)17-12(2)20-19(27-17)22-15(23)11-26-16-9-8-13-6-4-5-7-14(13)21-16/h3-9H,1,10-11H2,2H3,(H,20,22,23). The molecule has 0 radical (unpaired) electrons. The number of thiazole rings is 1. The predicted molar refractivity (Wildman–Crippen MR) is 108 cm³/mol. The number of para-hydroxylation sites is 1. The number of carbonyl (C=O) groups is 2. The minimum absolute atomic E-state index is 0.132. The number of hydrogen-bond acceptors (Lipinski definition) is 7. The Morgan fingerprint density at radius 2 is 2.07 bits per heavy atom. The number of thioether (sulfide) groups is 1. The Kier molecular flexibility index (Phi) is 6.20. The van der Waals surface area contributed by atoms with Crippen LogP contribution in [0, 0.1) is 6.92 Å². The van der Waals surface area contributed by atoms with Gasteiger partial charge in [-0.15, -0.1) is 0 Å². The summed E-state index contributed by atoms with van der Waals surface area (Å²) < 4.78 is 5.01. The van der Waals surface area contributed by atoms with Gasteiger partial charge >= 0.3 is 5.97 Å². The van der Waals surface area contributed by atoms with Gasteiger partial charge < -0.3 is 10.1 Å². The summed E-state index contributed by atoms with van der Waals surface area (Å²) in [6.07, 6.45) is 1.50. The van der Waals surface area contributed by atoms with Crippen molar-refractivity contribution in [1.82, 2.24) is 9.97 Å². The van der Waals surface area contributed by atoms with Crippen molar-refractivity contribution in [2.45, 2.75) is 11.9 Å². The SMILES string of the molecule is C=CCOC(=O)c1sc(NC(=O)CSc2ccc3ccccc3n2)nc1C. The van der Waals surface area contributed by atoms with Crippen molar-refractivity contribution in [2.75, 3.05) is 17.7 Å². The van der Waals surface area contributed by atoms with Crippen LogP contribution in [-0.4, -0.2) is 34.2 Å². The molecule has 6 nitrogen and oxygen atoms in total. The summed E-state index contributed by atoms with van der Waals surface area (Å²) in [7, 11) is 0. The third-order valence-corrected chi connectivity index (χ3v) is 5.47. The summed E-state index contributed by atoms with van der Waals surface area (Å²) in [6, 6.07) is 11.7. The highest BCUT2D eigenvalue weighted by molar-refractivity contribution is 7.99. The molecule has 2 aromatic heterocycles. The van der Waals surface area contributed by atoms with E-state index in [0.29, 0.717) is 15.7 Å². The smallest absolute Gasteiger partial charge is 0.350 e. The van der Waals surface area contributed by atoms with Crippen molar-refractivity contribution in [2.24, 2.45) is 0 Å². The highest BCUT2D eigenvalue weighted by Gasteiger charge is 2.17. The first-order valence-electron chi connectivity index (χ1n) is 8.10. The van der Waals surface area contributed by atoms with E-state index in [4.69, 9.17) is 4.74 Å². The third-order valence-electron chi connectivity index (χ3n) is 3.48. The lowest BCUT2D eigenvalue weighted by atomic mass is 10.2. The highest BCUT2D eigenvalue weighted by Crippen LogP contribution is 2.24. The number of aromatic nitrogens is 2. The molecule has 1 aromatic carbocycles. The Hall–Kier alpha value is -2.71. The van der Waals surface area contributed by atoms with Crippen LogP contribution in [0.3, 0.4) is 0 Å². The average molecular weight is 399 g/mol. The summed E-state index contributed by atoms with van der Waals surface area (Å²) in [5, 5.41) is 4.91. The summed E-state index contributed by atoms with van der Waals surface area (Å²) in [4.78, 5) is 33.2. The summed E-state index contributed by atoms with van der Waals surface area (Å²) >= 11 is 2.44. The van der Waals surface area contributed by atoms with Crippen molar-refractivity contribution in [3.63, 3.8) is 0 Å². The number of fused-ring (bicyclic) bond motifs is 1. The number of amides is 1. The number of anilines is 1. The lowest BCUT2D eigenvalue weighted by Gasteiger charge is -2.03. The summed E-state index contributed by atoms with van der Waals surface area (Å²) in [6.45, 7) is 5.33. The molecular weight excluding hydrogens is 382 g/mol. The van der Waals surface area contributed by atoms with Crippen molar-refractivity contribution < 1.29 is 14.3 Å². The quantitative estimate of drug-likeness (QED) is 0.366. The second-order valence-electron chi connectivity index (χ2n) is 5.50. The lowest BCUT2D eigenvalue weighted by Crippen LogP contribution is -2.13. The fraction of sp³-hybridized carbons (Fsp3) is 0.158. The number of ether oxygens (including phenoxy) is 1. The Labute approximate surface area is 164 Å². The zero-order chi connectivity index (χ0) is 19.2. The Balaban J connectivity index is 1.58. The Bertz CT molecular complexity index is 1000. The molecule has 1 amide bonds. The van der Waals surface area contributed by atoms with Crippen LogP contribution in [0.1, 0.15) is 15.4 Å². The highest BCUT2D eigenvalue weighted by atomic mass is 32.2. The van der Waals surface area contributed by atoms with Crippen LogP contribution in [-0.2, 0) is 9.53 Å². The molecule has 8 heteroatoms. The molecule has 0 saturated heterocycles. The molecule has 0 saturated carbocycles. The number of nitrogens with one attached hydrogen (secondary N) is 1. The van der Waals surface area contributed by atoms with E-state index in [1.54, 1.807) is 6.92 Å². The van der Waals surface area contributed by atoms with Crippen LogP contribution in [0.4, 0.5) is 5.13 Å². The van der Waals surface area contributed by atoms with Gasteiger partial charge in [-0.1, -0.05) is 60.0 Å². The molecular formula is C19H17N3O3S2. The van der Waals surface area contributed by atoms with Crippen molar-refractivity contribution in [3.8, 4) is 0 Å². The van der Waals surface area contributed by atoms with Gasteiger partial charge in [-0.2, -0.15) is 0 Å². The number of carbonyl (C=O) groups excluding carboxylic acids is 2. The molecule has 0 aliphatic rings. The number of esters is 1. The Morgan fingerprint density at radius 1 is 1.26 bits per heavy atom. The predicted octanol–water partition coefficient (Wildman–Crippen LogP) is 4.07. The van der Waals surface area contributed by atoms with Crippen LogP contribution in [0.15, 0.2) is 54.1 Å². The fourth-order valence-corrected chi connectivity index (χ4v) is 3.82. The first-order valence-corrected chi connectivity index (χ1v) is 9.91. The minimum atomic E-state index is -0.472. The minimum Gasteiger partial charge on any atom is -0.457 e. The van der Waals surface area contributed by atoms with E-state index >= 15 is 0 Å². The van der Waals surface area contributed by atoms with Gasteiger partial charge in [0.2, 0.25) is 5.91 Å². The molecule has 138 valence electrons. The number of rotatable bonds is 7. The molecule has 1 N–H and O–H groups in total. The first-order chi connectivity index (χ1) is 13.1. The van der Waals surface area contributed by atoms with Gasteiger partial charge in [0.25, 0.3) is 0 Å². The lowest BCUT2D eigenvalue weighted by molar-refractivity contribution is -0.113. The molecule has 2 heterocycles. The van der Waals surface area contributed by atoms with Gasteiger partial charge in [0.05, 0.1) is 22.0 Å². The second kappa shape index (κ2) is 8.79. The summed E-state index contributed by atoms with van der Waals surface area (Å²) in [5.74, 6) is -0.491. The molecule has 0 aliphatic heterocycles. The van der Waals surface area contributed by atoms with Crippen LogP contribution >= 0.6 is 23.1 Å². The van der Waals surface area contributed by atoms with E-state index in [0.717, 1.165) is 27.3 Å². The molecule has 27 heavy (non-hydrogen) atoms. The van der Waals surface area contributed by atoms with Gasteiger partial charge in [0.15, 0.2) is 5.13 Å². The first kappa shape index (κ1) is 19.1.